The van der Waals surface area contributed by atoms with Gasteiger partial charge in [-0.2, -0.15) is 13.2 Å². The number of halogens is 4. The maximum atomic E-state index is 13.4. The van der Waals surface area contributed by atoms with E-state index in [1.54, 1.807) is 12.4 Å². The van der Waals surface area contributed by atoms with Crippen molar-refractivity contribution in [2.45, 2.75) is 32.0 Å². The largest absolute Gasteiger partial charge is 0.416 e. The summed E-state index contributed by atoms with van der Waals surface area (Å²) in [6.45, 7) is 1.92. The molecule has 1 aliphatic heterocycles. The van der Waals surface area contributed by atoms with Crippen molar-refractivity contribution in [1.29, 1.82) is 0 Å². The number of aryl methyl sites for hydroxylation is 1. The molecule has 30 heavy (non-hydrogen) atoms. The van der Waals surface area contributed by atoms with Crippen LogP contribution < -0.4 is 4.90 Å². The van der Waals surface area contributed by atoms with Crippen molar-refractivity contribution in [1.82, 2.24) is 14.8 Å². The van der Waals surface area contributed by atoms with E-state index in [0.717, 1.165) is 21.9 Å². The van der Waals surface area contributed by atoms with Crippen LogP contribution in [0.25, 0.3) is 0 Å². The highest BCUT2D eigenvalue weighted by Gasteiger charge is 2.39. The quantitative estimate of drug-likeness (QED) is 0.523. The molecule has 0 radical (unpaired) electrons. The first-order valence-corrected chi connectivity index (χ1v) is 10.1. The molecule has 0 saturated carbocycles. The lowest BCUT2D eigenvalue weighted by Crippen LogP contribution is -2.23. The zero-order valence-corrected chi connectivity index (χ0v) is 17.8. The fraction of sp³-hybridized carbons (Fsp3) is 0.286. The van der Waals surface area contributed by atoms with E-state index < -0.39 is 17.6 Å². The second-order valence-corrected chi connectivity index (χ2v) is 8.34. The molecule has 0 bridgehead atoms. The molecule has 0 N–H and O–H groups in total. The van der Waals surface area contributed by atoms with E-state index in [-0.39, 0.29) is 23.6 Å². The Hall–Kier alpha value is -2.68. The zero-order chi connectivity index (χ0) is 21.6. The average molecular weight is 479 g/mol. The summed E-state index contributed by atoms with van der Waals surface area (Å²) in [6.07, 6.45) is -2.24. The molecule has 1 atom stereocenters. The number of hydrogen-bond acceptors (Lipinski definition) is 3. The minimum atomic E-state index is -4.51. The van der Waals surface area contributed by atoms with Gasteiger partial charge in [0.25, 0.3) is 5.91 Å². The van der Waals surface area contributed by atoms with Gasteiger partial charge in [0.2, 0.25) is 0 Å². The van der Waals surface area contributed by atoms with Crippen molar-refractivity contribution in [3.63, 3.8) is 0 Å². The van der Waals surface area contributed by atoms with Gasteiger partial charge in [-0.25, -0.2) is 0 Å². The van der Waals surface area contributed by atoms with Crippen LogP contribution in [0.15, 0.2) is 47.2 Å². The van der Waals surface area contributed by atoms with Gasteiger partial charge in [-0.1, -0.05) is 28.9 Å². The molecule has 0 aliphatic carbocycles. The lowest BCUT2D eigenvalue weighted by atomic mass is 9.96. The molecule has 2 aromatic carbocycles. The first-order valence-electron chi connectivity index (χ1n) is 9.29. The van der Waals surface area contributed by atoms with E-state index in [1.807, 2.05) is 30.7 Å². The first-order chi connectivity index (χ1) is 14.1. The number of hydrogen-bond donors (Lipinski definition) is 0. The second-order valence-electron chi connectivity index (χ2n) is 7.43. The molecular formula is C21H18BrF3N4O. The number of rotatable bonds is 4. The molecule has 4 rings (SSSR count). The van der Waals surface area contributed by atoms with Crippen LogP contribution in [0.5, 0.6) is 0 Å². The molecule has 0 spiro atoms. The van der Waals surface area contributed by atoms with Crippen LogP contribution in [0.3, 0.4) is 0 Å². The Bertz CT molecular complexity index is 1130. The highest BCUT2D eigenvalue weighted by atomic mass is 79.9. The third-order valence-electron chi connectivity index (χ3n) is 5.35. The topological polar surface area (TPSA) is 51.0 Å². The number of nitrogens with zero attached hydrogens (tertiary/aromatic N) is 4. The van der Waals surface area contributed by atoms with Crippen LogP contribution in [0.2, 0.25) is 0 Å². The molecule has 0 fully saturated rings. The van der Waals surface area contributed by atoms with Crippen molar-refractivity contribution in [2.24, 2.45) is 7.05 Å². The van der Waals surface area contributed by atoms with E-state index in [4.69, 9.17) is 0 Å². The Morgan fingerprint density at radius 2 is 2.00 bits per heavy atom. The predicted molar refractivity (Wildman–Crippen MR) is 109 cm³/mol. The summed E-state index contributed by atoms with van der Waals surface area (Å²) in [4.78, 5) is 14.3. The Morgan fingerprint density at radius 1 is 1.23 bits per heavy atom. The van der Waals surface area contributed by atoms with Gasteiger partial charge in [0.15, 0.2) is 0 Å². The van der Waals surface area contributed by atoms with Gasteiger partial charge in [0, 0.05) is 29.2 Å². The molecule has 156 valence electrons. The van der Waals surface area contributed by atoms with Crippen LogP contribution in [-0.4, -0.2) is 20.7 Å². The SMILES string of the molecule is CC(Cc1nncn1C)c1cc(Br)cc(N2Cc3c(cccc3C(F)(F)F)C2=O)c1. The van der Waals surface area contributed by atoms with Gasteiger partial charge >= 0.3 is 6.18 Å². The van der Waals surface area contributed by atoms with Crippen molar-refractivity contribution >= 4 is 27.5 Å². The van der Waals surface area contributed by atoms with Crippen molar-refractivity contribution in [3.05, 3.63) is 75.3 Å². The predicted octanol–water partition coefficient (Wildman–Crippen LogP) is 5.10. The van der Waals surface area contributed by atoms with Crippen LogP contribution in [-0.2, 0) is 26.2 Å². The van der Waals surface area contributed by atoms with Crippen LogP contribution in [0.1, 0.15) is 45.7 Å². The van der Waals surface area contributed by atoms with Crippen LogP contribution >= 0.6 is 15.9 Å². The first kappa shape index (κ1) is 20.6. The van der Waals surface area contributed by atoms with E-state index in [9.17, 15) is 18.0 Å². The molecule has 1 unspecified atom stereocenters. The summed E-state index contributed by atoms with van der Waals surface area (Å²) in [6, 6.07) is 9.28. The molecule has 3 aromatic rings. The number of carbonyl (C=O) groups excluding carboxylic acids is 1. The number of fused-ring (bicyclic) bond motifs is 1. The summed E-state index contributed by atoms with van der Waals surface area (Å²) in [5.41, 5.74) is 0.851. The molecule has 0 saturated heterocycles. The van der Waals surface area contributed by atoms with Crippen molar-refractivity contribution < 1.29 is 18.0 Å². The Balaban J connectivity index is 1.67. The molecule has 2 heterocycles. The number of amides is 1. The maximum Gasteiger partial charge on any atom is 0.416 e. The van der Waals surface area contributed by atoms with Gasteiger partial charge < -0.3 is 9.47 Å². The van der Waals surface area contributed by atoms with E-state index >= 15 is 0 Å². The lowest BCUT2D eigenvalue weighted by Gasteiger charge is -2.20. The zero-order valence-electron chi connectivity index (χ0n) is 16.2. The summed E-state index contributed by atoms with van der Waals surface area (Å²) < 4.78 is 42.8. The Morgan fingerprint density at radius 3 is 2.67 bits per heavy atom. The monoisotopic (exact) mass is 478 g/mol. The van der Waals surface area contributed by atoms with E-state index in [1.165, 1.54) is 17.0 Å². The highest BCUT2D eigenvalue weighted by molar-refractivity contribution is 9.10. The van der Waals surface area contributed by atoms with E-state index in [0.29, 0.717) is 12.1 Å². The summed E-state index contributed by atoms with van der Waals surface area (Å²) in [5.74, 6) is 0.458. The third kappa shape index (κ3) is 3.74. The van der Waals surface area contributed by atoms with Gasteiger partial charge in [0.1, 0.15) is 12.2 Å². The van der Waals surface area contributed by atoms with Gasteiger partial charge in [-0.15, -0.1) is 10.2 Å². The third-order valence-corrected chi connectivity index (χ3v) is 5.81. The van der Waals surface area contributed by atoms with Gasteiger partial charge in [-0.05, 0) is 47.4 Å². The van der Waals surface area contributed by atoms with Crippen LogP contribution in [0.4, 0.5) is 18.9 Å². The second kappa shape index (κ2) is 7.54. The number of anilines is 1. The standard InChI is InChI=1S/C21H18BrF3N4O/c1-12(6-19-27-26-11-28(19)2)13-7-14(22)9-15(8-13)29-10-17-16(20(29)30)4-3-5-18(17)21(23,24)25/h3-5,7-9,11-12H,6,10H2,1-2H3. The molecule has 9 heteroatoms. The molecule has 1 amide bonds. The summed E-state index contributed by atoms with van der Waals surface area (Å²) in [7, 11) is 1.87. The Kier molecular flexibility index (Phi) is 5.17. The molecular weight excluding hydrogens is 461 g/mol. The number of alkyl halides is 3. The lowest BCUT2D eigenvalue weighted by molar-refractivity contribution is -0.138. The normalized spacial score (nSPS) is 14.9. The highest BCUT2D eigenvalue weighted by Crippen LogP contribution is 2.39. The number of carbonyl (C=O) groups is 1. The fourth-order valence-electron chi connectivity index (χ4n) is 3.73. The van der Waals surface area contributed by atoms with Gasteiger partial charge in [0.05, 0.1) is 12.1 Å². The number of benzene rings is 2. The van der Waals surface area contributed by atoms with Crippen LogP contribution in [0, 0.1) is 0 Å². The fourth-order valence-corrected chi connectivity index (χ4v) is 4.23. The summed E-state index contributed by atoms with van der Waals surface area (Å²) >= 11 is 3.47. The smallest absolute Gasteiger partial charge is 0.321 e. The minimum absolute atomic E-state index is 0.0173. The molecule has 1 aromatic heterocycles. The maximum absolute atomic E-state index is 13.4. The minimum Gasteiger partial charge on any atom is -0.321 e. The average Bonchev–Trinajstić information content (AvgIpc) is 3.23. The van der Waals surface area contributed by atoms with E-state index in [2.05, 4.69) is 26.1 Å². The summed E-state index contributed by atoms with van der Waals surface area (Å²) in [5, 5.41) is 7.99. The molecule has 1 aliphatic rings. The number of aromatic nitrogens is 3. The van der Waals surface area contributed by atoms with Crippen molar-refractivity contribution in [3.8, 4) is 0 Å². The van der Waals surface area contributed by atoms with Crippen molar-refractivity contribution in [2.75, 3.05) is 4.90 Å². The van der Waals surface area contributed by atoms with Gasteiger partial charge in [-0.3, -0.25) is 4.79 Å². The molecule has 5 nitrogen and oxygen atoms in total. The Labute approximate surface area is 179 Å².